The van der Waals surface area contributed by atoms with Crippen LogP contribution in [0.3, 0.4) is 0 Å². The minimum atomic E-state index is -0.906. The number of thiazole rings is 1. The highest BCUT2D eigenvalue weighted by atomic mass is 32.1. The Kier molecular flexibility index (Phi) is 5.00. The number of carbonyl (C=O) groups excluding carboxylic acids is 1. The molecule has 0 saturated carbocycles. The first kappa shape index (κ1) is 15.6. The van der Waals surface area contributed by atoms with Gasteiger partial charge >= 0.3 is 12.0 Å². The summed E-state index contributed by atoms with van der Waals surface area (Å²) in [5, 5.41) is 14.6. The second-order valence-electron chi connectivity index (χ2n) is 5.15. The Hall–Kier alpha value is -1.83. The molecule has 21 heavy (non-hydrogen) atoms. The molecule has 116 valence electrons. The van der Waals surface area contributed by atoms with Crippen LogP contribution in [0.15, 0.2) is 11.6 Å². The number of hydrogen-bond donors (Lipinski definition) is 2. The fourth-order valence-electron chi connectivity index (χ4n) is 2.10. The summed E-state index contributed by atoms with van der Waals surface area (Å²) in [5.41, 5.74) is 0. The third-order valence-electron chi connectivity index (χ3n) is 3.75. The van der Waals surface area contributed by atoms with Crippen molar-refractivity contribution in [3.63, 3.8) is 0 Å². The summed E-state index contributed by atoms with van der Waals surface area (Å²) in [7, 11) is 0. The topological polar surface area (TPSA) is 85.8 Å². The number of rotatable bonds is 4. The molecular formula is C13H20N4O3S. The van der Waals surface area contributed by atoms with Crippen molar-refractivity contribution < 1.29 is 14.7 Å². The average Bonchev–Trinajstić information content (AvgIpc) is 3.00. The van der Waals surface area contributed by atoms with E-state index >= 15 is 0 Å². The number of carboxylic acid groups (broad SMARTS) is 1. The van der Waals surface area contributed by atoms with Crippen molar-refractivity contribution in [2.24, 2.45) is 5.92 Å². The molecule has 1 aliphatic heterocycles. The Labute approximate surface area is 127 Å². The zero-order chi connectivity index (χ0) is 15.4. The molecule has 0 radical (unpaired) electrons. The molecule has 0 aromatic carbocycles. The first-order valence-corrected chi connectivity index (χ1v) is 7.79. The molecule has 7 nitrogen and oxygen atoms in total. The maximum absolute atomic E-state index is 12.1. The molecule has 0 bridgehead atoms. The summed E-state index contributed by atoms with van der Waals surface area (Å²) >= 11 is 1.59. The smallest absolute Gasteiger partial charge is 0.317 e. The van der Waals surface area contributed by atoms with Gasteiger partial charge in [-0.2, -0.15) is 0 Å². The Morgan fingerprint density at radius 3 is 2.52 bits per heavy atom. The van der Waals surface area contributed by atoms with Gasteiger partial charge in [0.1, 0.15) is 0 Å². The quantitative estimate of drug-likeness (QED) is 0.869. The highest BCUT2D eigenvalue weighted by molar-refractivity contribution is 7.13. The van der Waals surface area contributed by atoms with Gasteiger partial charge in [0, 0.05) is 43.8 Å². The second-order valence-corrected chi connectivity index (χ2v) is 6.03. The Bertz CT molecular complexity index is 486. The van der Waals surface area contributed by atoms with Gasteiger partial charge in [-0.15, -0.1) is 11.3 Å². The summed E-state index contributed by atoms with van der Waals surface area (Å²) in [5.74, 6) is -1.51. The molecule has 0 spiro atoms. The minimum Gasteiger partial charge on any atom is -0.481 e. The number of amides is 2. The fourth-order valence-corrected chi connectivity index (χ4v) is 2.79. The lowest BCUT2D eigenvalue weighted by atomic mass is 10.0. The van der Waals surface area contributed by atoms with Crippen LogP contribution in [0, 0.1) is 5.92 Å². The molecule has 2 amide bonds. The summed E-state index contributed by atoms with van der Waals surface area (Å²) in [6.45, 7) is 6.00. The Balaban J connectivity index is 1.82. The standard InChI is InChI=1S/C13H20N4O3S/c1-9(11(18)19)10(2)15-12(20)16-4-6-17(7-5-16)13-14-3-8-21-13/h3,8-10H,4-7H2,1-2H3,(H,15,20)(H,18,19). The first-order chi connectivity index (χ1) is 9.99. The molecule has 2 heterocycles. The van der Waals surface area contributed by atoms with E-state index in [9.17, 15) is 9.59 Å². The number of nitrogens with one attached hydrogen (secondary N) is 1. The lowest BCUT2D eigenvalue weighted by Gasteiger charge is -2.35. The van der Waals surface area contributed by atoms with Gasteiger partial charge < -0.3 is 20.2 Å². The molecule has 1 aromatic heterocycles. The lowest BCUT2D eigenvalue weighted by molar-refractivity contribution is -0.141. The third kappa shape index (κ3) is 3.84. The van der Waals surface area contributed by atoms with Crippen LogP contribution in [0.2, 0.25) is 0 Å². The molecule has 2 rings (SSSR count). The first-order valence-electron chi connectivity index (χ1n) is 6.91. The van der Waals surface area contributed by atoms with Gasteiger partial charge in [-0.1, -0.05) is 0 Å². The highest BCUT2D eigenvalue weighted by Gasteiger charge is 2.26. The van der Waals surface area contributed by atoms with Gasteiger partial charge in [0.05, 0.1) is 5.92 Å². The van der Waals surface area contributed by atoms with Gasteiger partial charge in [-0.05, 0) is 13.8 Å². The monoisotopic (exact) mass is 312 g/mol. The van der Waals surface area contributed by atoms with Crippen LogP contribution >= 0.6 is 11.3 Å². The van der Waals surface area contributed by atoms with Crippen molar-refractivity contribution in [2.45, 2.75) is 19.9 Å². The van der Waals surface area contributed by atoms with E-state index in [1.165, 1.54) is 0 Å². The number of carboxylic acids is 1. The average molecular weight is 312 g/mol. The second kappa shape index (κ2) is 6.75. The van der Waals surface area contributed by atoms with Crippen LogP contribution in [0.4, 0.5) is 9.93 Å². The van der Waals surface area contributed by atoms with Crippen LogP contribution in [-0.4, -0.2) is 59.2 Å². The molecule has 2 unspecified atom stereocenters. The maximum atomic E-state index is 12.1. The zero-order valence-electron chi connectivity index (χ0n) is 12.2. The molecule has 1 fully saturated rings. The third-order valence-corrected chi connectivity index (χ3v) is 4.58. The number of anilines is 1. The number of aliphatic carboxylic acids is 1. The van der Waals surface area contributed by atoms with E-state index < -0.39 is 17.9 Å². The van der Waals surface area contributed by atoms with Gasteiger partial charge in [-0.3, -0.25) is 4.79 Å². The van der Waals surface area contributed by atoms with E-state index in [-0.39, 0.29) is 6.03 Å². The molecule has 1 aliphatic rings. The van der Waals surface area contributed by atoms with Crippen molar-refractivity contribution in [1.29, 1.82) is 0 Å². The van der Waals surface area contributed by atoms with Gasteiger partial charge in [0.2, 0.25) is 0 Å². The van der Waals surface area contributed by atoms with Crippen molar-refractivity contribution in [3.05, 3.63) is 11.6 Å². The van der Waals surface area contributed by atoms with Crippen molar-refractivity contribution in [1.82, 2.24) is 15.2 Å². The van der Waals surface area contributed by atoms with Crippen LogP contribution in [0.1, 0.15) is 13.8 Å². The minimum absolute atomic E-state index is 0.200. The van der Waals surface area contributed by atoms with Crippen molar-refractivity contribution in [2.75, 3.05) is 31.1 Å². The maximum Gasteiger partial charge on any atom is 0.317 e. The summed E-state index contributed by atoms with van der Waals surface area (Å²) < 4.78 is 0. The Morgan fingerprint density at radius 1 is 1.33 bits per heavy atom. The molecule has 8 heteroatoms. The number of aromatic nitrogens is 1. The predicted octanol–water partition coefficient (Wildman–Crippen LogP) is 1.08. The van der Waals surface area contributed by atoms with Gasteiger partial charge in [0.15, 0.2) is 5.13 Å². The summed E-state index contributed by atoms with van der Waals surface area (Å²) in [4.78, 5) is 31.1. The van der Waals surface area contributed by atoms with E-state index in [1.54, 1.807) is 36.3 Å². The van der Waals surface area contributed by atoms with E-state index in [2.05, 4.69) is 15.2 Å². The van der Waals surface area contributed by atoms with E-state index in [4.69, 9.17) is 5.11 Å². The molecule has 0 aliphatic carbocycles. The molecule has 1 aromatic rings. The molecular weight excluding hydrogens is 292 g/mol. The normalized spacial score (nSPS) is 18.2. The van der Waals surface area contributed by atoms with Gasteiger partial charge in [-0.25, -0.2) is 9.78 Å². The molecule has 2 N–H and O–H groups in total. The van der Waals surface area contributed by atoms with Crippen molar-refractivity contribution in [3.8, 4) is 0 Å². The number of hydrogen-bond acceptors (Lipinski definition) is 5. The highest BCUT2D eigenvalue weighted by Crippen LogP contribution is 2.18. The number of nitrogens with zero attached hydrogens (tertiary/aromatic N) is 3. The predicted molar refractivity (Wildman–Crippen MR) is 80.7 cm³/mol. The lowest BCUT2D eigenvalue weighted by Crippen LogP contribution is -2.54. The fraction of sp³-hybridized carbons (Fsp3) is 0.615. The van der Waals surface area contributed by atoms with E-state index in [0.29, 0.717) is 13.1 Å². The Morgan fingerprint density at radius 2 is 2.00 bits per heavy atom. The molecule has 1 saturated heterocycles. The largest absolute Gasteiger partial charge is 0.481 e. The zero-order valence-corrected chi connectivity index (χ0v) is 13.0. The van der Waals surface area contributed by atoms with Crippen LogP contribution in [-0.2, 0) is 4.79 Å². The van der Waals surface area contributed by atoms with Crippen LogP contribution in [0.25, 0.3) is 0 Å². The van der Waals surface area contributed by atoms with E-state index in [0.717, 1.165) is 18.2 Å². The summed E-state index contributed by atoms with van der Waals surface area (Å²) in [6, 6.07) is -0.596. The number of urea groups is 1. The van der Waals surface area contributed by atoms with E-state index in [1.807, 2.05) is 5.38 Å². The molecule has 2 atom stereocenters. The van der Waals surface area contributed by atoms with Crippen LogP contribution in [0.5, 0.6) is 0 Å². The van der Waals surface area contributed by atoms with Gasteiger partial charge in [0.25, 0.3) is 0 Å². The SMILES string of the molecule is CC(NC(=O)N1CCN(c2nccs2)CC1)C(C)C(=O)O. The summed E-state index contributed by atoms with van der Waals surface area (Å²) in [6.07, 6.45) is 1.77. The van der Waals surface area contributed by atoms with Crippen LogP contribution < -0.4 is 10.2 Å². The van der Waals surface area contributed by atoms with Crippen molar-refractivity contribution >= 4 is 28.5 Å². The number of piperazine rings is 1. The number of carbonyl (C=O) groups is 2.